The van der Waals surface area contributed by atoms with Crippen molar-refractivity contribution in [3.8, 4) is 0 Å². The number of nitrogens with two attached hydrogens (primary N) is 3. The van der Waals surface area contributed by atoms with Gasteiger partial charge in [0.05, 0.1) is 12.1 Å². The number of carbonyl (C=O) groups is 5. The molecule has 12 N–H and O–H groups in total. The molecular formula is C17H31N7O8. The summed E-state index contributed by atoms with van der Waals surface area (Å²) < 4.78 is 0. The zero-order chi connectivity index (χ0) is 24.8. The molecule has 0 fully saturated rings. The first-order valence-corrected chi connectivity index (χ1v) is 9.66. The number of aliphatic carboxylic acids is 2. The number of amides is 3. The van der Waals surface area contributed by atoms with Crippen LogP contribution < -0.4 is 33.2 Å². The Labute approximate surface area is 183 Å². The molecule has 0 aromatic rings. The molecule has 4 atom stereocenters. The van der Waals surface area contributed by atoms with Gasteiger partial charge >= 0.3 is 11.9 Å². The van der Waals surface area contributed by atoms with Crippen molar-refractivity contribution in [1.82, 2.24) is 16.0 Å². The van der Waals surface area contributed by atoms with Gasteiger partial charge in [0, 0.05) is 13.0 Å². The lowest BCUT2D eigenvalue weighted by molar-refractivity contribution is -0.139. The Morgan fingerprint density at radius 1 is 0.938 bits per heavy atom. The molecule has 3 amide bonds. The highest BCUT2D eigenvalue weighted by Gasteiger charge is 2.31. The third-order valence-electron chi connectivity index (χ3n) is 4.06. The molecule has 15 nitrogen and oxygen atoms in total. The first kappa shape index (κ1) is 28.5. The number of rotatable bonds is 15. The summed E-state index contributed by atoms with van der Waals surface area (Å²) >= 11 is 0. The number of aliphatic hydroxyl groups excluding tert-OH is 1. The fourth-order valence-electron chi connectivity index (χ4n) is 2.40. The van der Waals surface area contributed by atoms with Crippen LogP contribution >= 0.6 is 0 Å². The van der Waals surface area contributed by atoms with Gasteiger partial charge in [-0.2, -0.15) is 0 Å². The third kappa shape index (κ3) is 12.3. The maximum atomic E-state index is 12.6. The molecule has 0 aliphatic heterocycles. The summed E-state index contributed by atoms with van der Waals surface area (Å²) in [5, 5.41) is 34.0. The molecule has 0 saturated carbocycles. The van der Waals surface area contributed by atoms with E-state index in [9.17, 15) is 29.1 Å². The van der Waals surface area contributed by atoms with Crippen LogP contribution in [-0.2, 0) is 24.0 Å². The lowest BCUT2D eigenvalue weighted by Crippen LogP contribution is -2.59. The van der Waals surface area contributed by atoms with Gasteiger partial charge in [-0.25, -0.2) is 0 Å². The van der Waals surface area contributed by atoms with Crippen LogP contribution in [0.5, 0.6) is 0 Å². The second kappa shape index (κ2) is 14.5. The van der Waals surface area contributed by atoms with Gasteiger partial charge in [-0.05, 0) is 26.2 Å². The summed E-state index contributed by atoms with van der Waals surface area (Å²) in [5.41, 5.74) is 16.0. The topological polar surface area (TPSA) is 273 Å². The van der Waals surface area contributed by atoms with Crippen molar-refractivity contribution in [3.63, 3.8) is 0 Å². The number of hydrogen-bond acceptors (Lipinski definition) is 8. The fourth-order valence-corrected chi connectivity index (χ4v) is 2.40. The standard InChI is InChI=1S/C17H31N7O8/c1-8(25)13(24-14(30)9(18)4-5-11(26)27)16(32)23-10(3-2-6-21-17(19)20)15(31)22-7-12(28)29/h8-10,13,25H,2-7,18H2,1H3,(H,22,31)(H,23,32)(H,24,30)(H,26,27)(H,28,29)(H4,19,20,21). The zero-order valence-electron chi connectivity index (χ0n) is 17.6. The summed E-state index contributed by atoms with van der Waals surface area (Å²) in [7, 11) is 0. The van der Waals surface area contributed by atoms with Crippen molar-refractivity contribution >= 4 is 35.6 Å². The van der Waals surface area contributed by atoms with E-state index in [1.54, 1.807) is 0 Å². The van der Waals surface area contributed by atoms with Gasteiger partial charge in [0.25, 0.3) is 0 Å². The number of carboxylic acids is 2. The molecule has 0 aromatic heterocycles. The largest absolute Gasteiger partial charge is 0.481 e. The lowest BCUT2D eigenvalue weighted by Gasteiger charge is -2.25. The average Bonchev–Trinajstić information content (AvgIpc) is 2.69. The average molecular weight is 461 g/mol. The number of nitrogens with one attached hydrogen (secondary N) is 3. The maximum absolute atomic E-state index is 12.6. The van der Waals surface area contributed by atoms with E-state index in [1.807, 2.05) is 0 Å². The van der Waals surface area contributed by atoms with Crippen molar-refractivity contribution in [2.75, 3.05) is 13.1 Å². The van der Waals surface area contributed by atoms with Crippen LogP contribution in [-0.4, -0.2) is 88.3 Å². The Morgan fingerprint density at radius 2 is 1.56 bits per heavy atom. The van der Waals surface area contributed by atoms with E-state index in [4.69, 9.17) is 27.4 Å². The molecule has 0 heterocycles. The van der Waals surface area contributed by atoms with Crippen LogP contribution in [0, 0.1) is 0 Å². The van der Waals surface area contributed by atoms with Gasteiger partial charge in [0.2, 0.25) is 17.7 Å². The molecule has 4 unspecified atom stereocenters. The molecule has 0 aliphatic rings. The first-order chi connectivity index (χ1) is 14.8. The highest BCUT2D eigenvalue weighted by atomic mass is 16.4. The number of aliphatic imine (C=N–C) groups is 1. The van der Waals surface area contributed by atoms with Crippen LogP contribution in [0.3, 0.4) is 0 Å². The first-order valence-electron chi connectivity index (χ1n) is 9.66. The normalized spacial score (nSPS) is 14.2. The minimum atomic E-state index is -1.51. The van der Waals surface area contributed by atoms with Gasteiger partial charge in [-0.1, -0.05) is 0 Å². The molecule has 0 radical (unpaired) electrons. The Kier molecular flexibility index (Phi) is 13.0. The number of carbonyl (C=O) groups excluding carboxylic acids is 3. The predicted octanol–water partition coefficient (Wildman–Crippen LogP) is -4.22. The van der Waals surface area contributed by atoms with Gasteiger partial charge < -0.3 is 48.5 Å². The molecule has 0 aromatic carbocycles. The minimum absolute atomic E-state index is 0.0204. The van der Waals surface area contributed by atoms with Gasteiger partial charge in [-0.15, -0.1) is 0 Å². The van der Waals surface area contributed by atoms with Crippen molar-refractivity contribution in [2.45, 2.75) is 56.8 Å². The van der Waals surface area contributed by atoms with Gasteiger partial charge in [-0.3, -0.25) is 29.0 Å². The Balaban J connectivity index is 5.22. The van der Waals surface area contributed by atoms with E-state index in [0.717, 1.165) is 0 Å². The van der Waals surface area contributed by atoms with Crippen LogP contribution in [0.1, 0.15) is 32.6 Å². The van der Waals surface area contributed by atoms with Crippen molar-refractivity contribution in [1.29, 1.82) is 0 Å². The van der Waals surface area contributed by atoms with Crippen LogP contribution in [0.4, 0.5) is 0 Å². The molecule has 0 saturated heterocycles. The fraction of sp³-hybridized carbons (Fsp3) is 0.647. The van der Waals surface area contributed by atoms with Gasteiger partial charge in [0.15, 0.2) is 5.96 Å². The second-order valence-corrected chi connectivity index (χ2v) is 6.89. The summed E-state index contributed by atoms with van der Waals surface area (Å²) in [6, 6.07) is -3.96. The number of nitrogens with zero attached hydrogens (tertiary/aromatic N) is 1. The Morgan fingerprint density at radius 3 is 2.06 bits per heavy atom. The summed E-state index contributed by atoms with van der Waals surface area (Å²) in [4.78, 5) is 62.1. The van der Waals surface area contributed by atoms with E-state index in [1.165, 1.54) is 6.92 Å². The molecule has 15 heteroatoms. The number of hydrogen-bond donors (Lipinski definition) is 9. The highest BCUT2D eigenvalue weighted by Crippen LogP contribution is 2.03. The van der Waals surface area contributed by atoms with E-state index < -0.39 is 60.4 Å². The molecule has 0 spiro atoms. The minimum Gasteiger partial charge on any atom is -0.481 e. The molecule has 0 bridgehead atoms. The van der Waals surface area contributed by atoms with E-state index in [-0.39, 0.29) is 38.2 Å². The van der Waals surface area contributed by atoms with E-state index in [0.29, 0.717) is 0 Å². The van der Waals surface area contributed by atoms with Crippen molar-refractivity contribution in [3.05, 3.63) is 0 Å². The van der Waals surface area contributed by atoms with Crippen LogP contribution in [0.15, 0.2) is 4.99 Å². The molecular weight excluding hydrogens is 430 g/mol. The Hall–Kier alpha value is -3.46. The Bertz CT molecular complexity index is 709. The van der Waals surface area contributed by atoms with E-state index >= 15 is 0 Å². The molecule has 32 heavy (non-hydrogen) atoms. The highest BCUT2D eigenvalue weighted by molar-refractivity contribution is 5.94. The smallest absolute Gasteiger partial charge is 0.322 e. The SMILES string of the molecule is CC(O)C(NC(=O)C(N)CCC(=O)O)C(=O)NC(CCCN=C(N)N)C(=O)NCC(=O)O. The van der Waals surface area contributed by atoms with Crippen LogP contribution in [0.2, 0.25) is 0 Å². The monoisotopic (exact) mass is 461 g/mol. The van der Waals surface area contributed by atoms with Crippen molar-refractivity contribution in [2.24, 2.45) is 22.2 Å². The molecule has 0 aliphatic carbocycles. The number of aliphatic hydroxyl groups is 1. The lowest BCUT2D eigenvalue weighted by atomic mass is 10.1. The molecule has 0 rings (SSSR count). The number of carboxylic acid groups (broad SMARTS) is 2. The quantitative estimate of drug-likeness (QED) is 0.0640. The predicted molar refractivity (Wildman–Crippen MR) is 111 cm³/mol. The summed E-state index contributed by atoms with van der Waals surface area (Å²) in [6.45, 7) is 0.662. The summed E-state index contributed by atoms with van der Waals surface area (Å²) in [6.07, 6.45) is -1.70. The van der Waals surface area contributed by atoms with Crippen LogP contribution in [0.25, 0.3) is 0 Å². The maximum Gasteiger partial charge on any atom is 0.322 e. The van der Waals surface area contributed by atoms with E-state index in [2.05, 4.69) is 20.9 Å². The second-order valence-electron chi connectivity index (χ2n) is 6.89. The molecule has 182 valence electrons. The summed E-state index contributed by atoms with van der Waals surface area (Å²) in [5.74, 6) is -5.23. The van der Waals surface area contributed by atoms with Gasteiger partial charge in [0.1, 0.15) is 18.6 Å². The zero-order valence-corrected chi connectivity index (χ0v) is 17.6. The van der Waals surface area contributed by atoms with Crippen molar-refractivity contribution < 1.29 is 39.3 Å². The number of guanidine groups is 1. The third-order valence-corrected chi connectivity index (χ3v) is 4.06.